The number of aryl methyl sites for hydroxylation is 1. The van der Waals surface area contributed by atoms with Crippen LogP contribution in [0.2, 0.25) is 0 Å². The van der Waals surface area contributed by atoms with Gasteiger partial charge in [-0.25, -0.2) is 0 Å². The average molecular weight is 392 g/mol. The topological polar surface area (TPSA) is 0 Å². The van der Waals surface area contributed by atoms with Crippen molar-refractivity contribution >= 4 is 15.9 Å². The van der Waals surface area contributed by atoms with Crippen molar-refractivity contribution < 1.29 is 22.0 Å². The van der Waals surface area contributed by atoms with Crippen LogP contribution in [0.4, 0.5) is 22.0 Å². The Morgan fingerprint density at radius 2 is 1.78 bits per heavy atom. The fraction of sp³-hybridized carbons (Fsp3) is 0.294. The Kier molecular flexibility index (Phi) is 5.14. The Morgan fingerprint density at radius 3 is 2.39 bits per heavy atom. The van der Waals surface area contributed by atoms with Crippen molar-refractivity contribution in [2.75, 3.05) is 0 Å². The number of alkyl halides is 5. The van der Waals surface area contributed by atoms with Gasteiger partial charge in [-0.05, 0) is 63.3 Å². The maximum atomic E-state index is 13.5. The van der Waals surface area contributed by atoms with Gasteiger partial charge in [-0.1, -0.05) is 31.5 Å². The van der Waals surface area contributed by atoms with Gasteiger partial charge in [0.25, 0.3) is 0 Å². The molecule has 0 nitrogen and oxygen atoms in total. The van der Waals surface area contributed by atoms with Crippen LogP contribution in [-0.4, -0.2) is 6.18 Å². The second-order valence-corrected chi connectivity index (χ2v) is 5.93. The summed E-state index contributed by atoms with van der Waals surface area (Å²) >= 11 is 3.27. The largest absolute Gasteiger partial charge is 0.458 e. The lowest BCUT2D eigenvalue weighted by molar-refractivity contribution is -0.289. The van der Waals surface area contributed by atoms with Crippen molar-refractivity contribution in [1.82, 2.24) is 0 Å². The van der Waals surface area contributed by atoms with E-state index in [-0.39, 0.29) is 5.56 Å². The first-order valence-corrected chi connectivity index (χ1v) is 7.71. The molecule has 0 saturated carbocycles. The summed E-state index contributed by atoms with van der Waals surface area (Å²) in [7, 11) is 0. The first-order chi connectivity index (χ1) is 10.7. The highest BCUT2D eigenvalue weighted by molar-refractivity contribution is 9.10. The van der Waals surface area contributed by atoms with Gasteiger partial charge in [0.15, 0.2) is 0 Å². The molecule has 0 aliphatic heterocycles. The molecule has 1 radical (unpaired) electrons. The summed E-state index contributed by atoms with van der Waals surface area (Å²) in [4.78, 5) is 0. The van der Waals surface area contributed by atoms with Crippen LogP contribution in [-0.2, 0) is 12.3 Å². The highest BCUT2D eigenvalue weighted by Gasteiger charge is 2.58. The van der Waals surface area contributed by atoms with Crippen molar-refractivity contribution in [3.8, 4) is 11.1 Å². The zero-order chi connectivity index (χ0) is 17.3. The molecule has 0 unspecified atom stereocenters. The molecule has 6 heteroatoms. The third kappa shape index (κ3) is 3.74. The van der Waals surface area contributed by atoms with Gasteiger partial charge < -0.3 is 0 Å². The van der Waals surface area contributed by atoms with E-state index in [1.807, 2.05) is 6.92 Å². The second kappa shape index (κ2) is 6.59. The average Bonchev–Trinajstić information content (AvgIpc) is 2.48. The van der Waals surface area contributed by atoms with E-state index in [4.69, 9.17) is 0 Å². The van der Waals surface area contributed by atoms with Crippen molar-refractivity contribution in [1.29, 1.82) is 0 Å². The highest BCUT2D eigenvalue weighted by Crippen LogP contribution is 2.44. The third-order valence-electron chi connectivity index (χ3n) is 3.38. The number of hydrogen-bond acceptors (Lipinski definition) is 0. The Hall–Kier alpha value is -1.43. The van der Waals surface area contributed by atoms with Crippen LogP contribution in [0.15, 0.2) is 40.9 Å². The molecule has 0 amide bonds. The number of benzene rings is 2. The fourth-order valence-corrected chi connectivity index (χ4v) is 2.67. The van der Waals surface area contributed by atoms with Crippen LogP contribution >= 0.6 is 15.9 Å². The van der Waals surface area contributed by atoms with Crippen LogP contribution in [0.5, 0.6) is 0 Å². The Labute approximate surface area is 139 Å². The van der Waals surface area contributed by atoms with Crippen molar-refractivity contribution in [3.63, 3.8) is 0 Å². The molecule has 0 fully saturated rings. The number of rotatable bonds is 4. The Morgan fingerprint density at radius 1 is 1.09 bits per heavy atom. The lowest BCUT2D eigenvalue weighted by atomic mass is 9.97. The monoisotopic (exact) mass is 391 g/mol. The van der Waals surface area contributed by atoms with Gasteiger partial charge in [-0.15, -0.1) is 0 Å². The maximum Gasteiger partial charge on any atom is 0.458 e. The van der Waals surface area contributed by atoms with Gasteiger partial charge in [0.05, 0.1) is 0 Å². The standard InChI is InChI=1S/C17H13BrF5/c1-2-4-11-7-8-15(18)14(9-11)12-5-3-6-13(10-12)16(19,20)17(21,22)23/h3,5-7,9-10H,2,4H2,1H3. The molecular weight excluding hydrogens is 379 g/mol. The molecule has 0 bridgehead atoms. The molecule has 0 aromatic heterocycles. The minimum atomic E-state index is -5.63. The molecule has 0 aliphatic carbocycles. The Bertz CT molecular complexity index is 692. The molecule has 2 rings (SSSR count). The van der Waals surface area contributed by atoms with Gasteiger partial charge in [0.1, 0.15) is 0 Å². The van der Waals surface area contributed by atoms with Gasteiger partial charge in [-0.2, -0.15) is 22.0 Å². The SMILES string of the molecule is CCCc1c[c]c(Br)c(-c2cccc(C(F)(F)C(F)(F)F)c2)c1. The summed E-state index contributed by atoms with van der Waals surface area (Å²) in [5.41, 5.74) is 0.692. The molecule has 2 aromatic rings. The zero-order valence-electron chi connectivity index (χ0n) is 12.1. The fourth-order valence-electron chi connectivity index (χ4n) is 2.21. The summed E-state index contributed by atoms with van der Waals surface area (Å²) in [6.07, 6.45) is -3.96. The summed E-state index contributed by atoms with van der Waals surface area (Å²) in [5, 5.41) is 0. The molecule has 0 saturated heterocycles. The zero-order valence-corrected chi connectivity index (χ0v) is 13.7. The molecule has 2 aromatic carbocycles. The minimum absolute atomic E-state index is 0.285. The molecule has 23 heavy (non-hydrogen) atoms. The van der Waals surface area contributed by atoms with Gasteiger partial charge in [-0.3, -0.25) is 0 Å². The molecule has 0 spiro atoms. The van der Waals surface area contributed by atoms with E-state index in [1.165, 1.54) is 12.1 Å². The van der Waals surface area contributed by atoms with Crippen LogP contribution in [0.1, 0.15) is 24.5 Å². The molecule has 123 valence electrons. The smallest absolute Gasteiger partial charge is 0.191 e. The van der Waals surface area contributed by atoms with Crippen LogP contribution in [0.25, 0.3) is 11.1 Å². The van der Waals surface area contributed by atoms with E-state index in [2.05, 4.69) is 22.0 Å². The summed E-state index contributed by atoms with van der Waals surface area (Å²) in [5.74, 6) is -4.89. The van der Waals surface area contributed by atoms with E-state index in [9.17, 15) is 22.0 Å². The molecule has 0 N–H and O–H groups in total. The quantitative estimate of drug-likeness (QED) is 0.520. The first kappa shape index (κ1) is 17.9. The van der Waals surface area contributed by atoms with E-state index in [1.54, 1.807) is 12.1 Å². The van der Waals surface area contributed by atoms with Gasteiger partial charge in [0.2, 0.25) is 0 Å². The summed E-state index contributed by atoms with van der Waals surface area (Å²) in [6, 6.07) is 10.8. The van der Waals surface area contributed by atoms with Crippen LogP contribution in [0, 0.1) is 6.07 Å². The van der Waals surface area contributed by atoms with Crippen molar-refractivity contribution in [2.45, 2.75) is 31.9 Å². The van der Waals surface area contributed by atoms with Crippen LogP contribution < -0.4 is 0 Å². The predicted octanol–water partition coefficient (Wildman–Crippen LogP) is 6.52. The predicted molar refractivity (Wildman–Crippen MR) is 82.4 cm³/mol. The van der Waals surface area contributed by atoms with Gasteiger partial charge >= 0.3 is 12.1 Å². The van der Waals surface area contributed by atoms with E-state index in [0.717, 1.165) is 30.5 Å². The normalized spacial score (nSPS) is 12.5. The van der Waals surface area contributed by atoms with E-state index in [0.29, 0.717) is 10.0 Å². The lowest BCUT2D eigenvalue weighted by Crippen LogP contribution is -2.33. The summed E-state index contributed by atoms with van der Waals surface area (Å²) in [6.45, 7) is 1.99. The molecule has 0 atom stereocenters. The number of halogens is 6. The molecule has 0 aliphatic rings. The first-order valence-electron chi connectivity index (χ1n) is 6.92. The lowest BCUT2D eigenvalue weighted by Gasteiger charge is -2.20. The van der Waals surface area contributed by atoms with E-state index < -0.39 is 17.7 Å². The highest BCUT2D eigenvalue weighted by atomic mass is 79.9. The van der Waals surface area contributed by atoms with E-state index >= 15 is 0 Å². The molecule has 0 heterocycles. The molecular formula is C17H13BrF5. The minimum Gasteiger partial charge on any atom is -0.191 e. The Balaban J connectivity index is 2.51. The third-order valence-corrected chi connectivity index (χ3v) is 4.04. The second-order valence-electron chi connectivity index (χ2n) is 5.14. The van der Waals surface area contributed by atoms with Gasteiger partial charge in [0, 0.05) is 10.0 Å². The maximum absolute atomic E-state index is 13.5. The number of hydrogen-bond donors (Lipinski definition) is 0. The summed E-state index contributed by atoms with van der Waals surface area (Å²) < 4.78 is 65.1. The van der Waals surface area contributed by atoms with Crippen LogP contribution in [0.3, 0.4) is 0 Å². The van der Waals surface area contributed by atoms with Crippen molar-refractivity contribution in [3.05, 3.63) is 58.1 Å². The van der Waals surface area contributed by atoms with Crippen molar-refractivity contribution in [2.24, 2.45) is 0 Å².